The fourth-order valence-electron chi connectivity index (χ4n) is 3.33. The maximum atomic E-state index is 12.2. The quantitative estimate of drug-likeness (QED) is 0.619. The van der Waals surface area contributed by atoms with Gasteiger partial charge in [0.25, 0.3) is 5.56 Å². The minimum Gasteiger partial charge on any atom is -0.496 e. The first-order valence-electron chi connectivity index (χ1n) is 9.23. The van der Waals surface area contributed by atoms with Gasteiger partial charge in [-0.25, -0.2) is 0 Å². The highest BCUT2D eigenvalue weighted by Gasteiger charge is 2.19. The van der Waals surface area contributed by atoms with E-state index >= 15 is 0 Å². The Bertz CT molecular complexity index is 1290. The SMILES string of the molecule is COc1ccc(-c2c(C#N)c(N)[nH]c(=O)c2C#N)cc1COc1cc(C)c(Cl)c(C)c1. The summed E-state index contributed by atoms with van der Waals surface area (Å²) >= 11 is 6.22. The second kappa shape index (κ2) is 8.83. The van der Waals surface area contributed by atoms with Gasteiger partial charge in [-0.15, -0.1) is 0 Å². The minimum atomic E-state index is -0.658. The van der Waals surface area contributed by atoms with Gasteiger partial charge >= 0.3 is 0 Å². The highest BCUT2D eigenvalue weighted by molar-refractivity contribution is 6.32. The van der Waals surface area contributed by atoms with E-state index < -0.39 is 5.56 Å². The summed E-state index contributed by atoms with van der Waals surface area (Å²) in [5, 5.41) is 19.7. The number of H-pyrrole nitrogens is 1. The average molecular weight is 435 g/mol. The van der Waals surface area contributed by atoms with Crippen molar-refractivity contribution in [3.8, 4) is 34.8 Å². The molecule has 0 radical (unpaired) electrons. The Kier molecular flexibility index (Phi) is 6.20. The van der Waals surface area contributed by atoms with Crippen LogP contribution in [0.5, 0.6) is 11.5 Å². The van der Waals surface area contributed by atoms with E-state index in [1.165, 1.54) is 7.11 Å². The summed E-state index contributed by atoms with van der Waals surface area (Å²) in [5.41, 5.74) is 8.11. The smallest absolute Gasteiger partial charge is 0.268 e. The third-order valence-corrected chi connectivity index (χ3v) is 5.44. The number of rotatable bonds is 5. The van der Waals surface area contributed by atoms with E-state index in [2.05, 4.69) is 4.98 Å². The number of hydrogen-bond donors (Lipinski definition) is 2. The van der Waals surface area contributed by atoms with E-state index in [9.17, 15) is 15.3 Å². The lowest BCUT2D eigenvalue weighted by molar-refractivity contribution is 0.296. The molecule has 3 aromatic rings. The fourth-order valence-corrected chi connectivity index (χ4v) is 3.44. The van der Waals surface area contributed by atoms with Crippen LogP contribution in [-0.4, -0.2) is 12.1 Å². The van der Waals surface area contributed by atoms with Crippen molar-refractivity contribution in [3.05, 3.63) is 73.5 Å². The normalized spacial score (nSPS) is 10.3. The minimum absolute atomic E-state index is 0.0251. The Labute approximate surface area is 184 Å². The van der Waals surface area contributed by atoms with Crippen LogP contribution in [0.4, 0.5) is 5.82 Å². The van der Waals surface area contributed by atoms with Crippen LogP contribution in [0, 0.1) is 36.5 Å². The third kappa shape index (κ3) is 4.18. The van der Waals surface area contributed by atoms with E-state index in [0.29, 0.717) is 27.6 Å². The van der Waals surface area contributed by atoms with Gasteiger partial charge in [-0.1, -0.05) is 17.7 Å². The largest absolute Gasteiger partial charge is 0.496 e. The molecule has 0 unspecified atom stereocenters. The summed E-state index contributed by atoms with van der Waals surface area (Å²) < 4.78 is 11.4. The number of halogens is 1. The van der Waals surface area contributed by atoms with Gasteiger partial charge in [0.2, 0.25) is 0 Å². The Morgan fingerprint density at radius 3 is 2.32 bits per heavy atom. The van der Waals surface area contributed by atoms with Crippen molar-refractivity contribution in [2.45, 2.75) is 20.5 Å². The summed E-state index contributed by atoms with van der Waals surface area (Å²) in [6.07, 6.45) is 0. The number of benzene rings is 2. The van der Waals surface area contributed by atoms with E-state index in [0.717, 1.165) is 11.1 Å². The number of nitrogens with two attached hydrogens (primary N) is 1. The summed E-state index contributed by atoms with van der Waals surface area (Å²) in [7, 11) is 1.53. The molecule has 0 atom stereocenters. The second-order valence-corrected chi connectivity index (χ2v) is 7.28. The van der Waals surface area contributed by atoms with Crippen LogP contribution < -0.4 is 20.8 Å². The first kappa shape index (κ1) is 21.8. The molecule has 0 aliphatic rings. The van der Waals surface area contributed by atoms with Crippen LogP contribution in [0.25, 0.3) is 11.1 Å². The number of hydrogen-bond acceptors (Lipinski definition) is 6. The fraction of sp³-hybridized carbons (Fsp3) is 0.174. The van der Waals surface area contributed by atoms with Gasteiger partial charge in [0.15, 0.2) is 0 Å². The molecule has 0 saturated carbocycles. The van der Waals surface area contributed by atoms with E-state index in [1.54, 1.807) is 18.2 Å². The molecule has 0 fully saturated rings. The van der Waals surface area contributed by atoms with Crippen molar-refractivity contribution in [1.82, 2.24) is 4.98 Å². The van der Waals surface area contributed by atoms with Crippen LogP contribution >= 0.6 is 11.6 Å². The van der Waals surface area contributed by atoms with Crippen molar-refractivity contribution >= 4 is 17.4 Å². The summed E-state index contributed by atoms with van der Waals surface area (Å²) in [6, 6.07) is 12.6. The number of aromatic amines is 1. The summed E-state index contributed by atoms with van der Waals surface area (Å²) in [6.45, 7) is 3.95. The van der Waals surface area contributed by atoms with Gasteiger partial charge in [-0.2, -0.15) is 10.5 Å². The number of ether oxygens (including phenoxy) is 2. The standard InChI is InChI=1S/C23H19ClN4O3/c1-12-6-16(7-13(2)21(12)24)31-11-15-8-14(4-5-19(15)30-3)20-17(9-25)22(27)28-23(29)18(20)10-26/h4-8H,11H2,1-3H3,(H3,27,28,29). The van der Waals surface area contributed by atoms with Gasteiger partial charge in [-0.3, -0.25) is 4.79 Å². The lowest BCUT2D eigenvalue weighted by Gasteiger charge is -2.15. The molecule has 156 valence electrons. The molecule has 0 spiro atoms. The molecule has 2 aromatic carbocycles. The van der Waals surface area contributed by atoms with Crippen LogP contribution in [0.2, 0.25) is 5.02 Å². The Morgan fingerprint density at radius 1 is 1.10 bits per heavy atom. The molecule has 7 nitrogen and oxygen atoms in total. The van der Waals surface area contributed by atoms with Gasteiger partial charge in [-0.05, 0) is 54.8 Å². The molecular weight excluding hydrogens is 416 g/mol. The van der Waals surface area contributed by atoms with Crippen molar-refractivity contribution in [2.75, 3.05) is 12.8 Å². The van der Waals surface area contributed by atoms with Gasteiger partial charge < -0.3 is 20.2 Å². The molecule has 1 heterocycles. The molecular formula is C23H19ClN4O3. The molecule has 3 N–H and O–H groups in total. The zero-order valence-corrected chi connectivity index (χ0v) is 17.9. The topological polar surface area (TPSA) is 125 Å². The van der Waals surface area contributed by atoms with Crippen LogP contribution in [-0.2, 0) is 6.61 Å². The molecule has 0 saturated heterocycles. The second-order valence-electron chi connectivity index (χ2n) is 6.90. The van der Waals surface area contributed by atoms with E-state index in [-0.39, 0.29) is 29.1 Å². The van der Waals surface area contributed by atoms with Gasteiger partial charge in [0.05, 0.1) is 7.11 Å². The van der Waals surface area contributed by atoms with E-state index in [4.69, 9.17) is 26.8 Å². The van der Waals surface area contributed by atoms with Gasteiger partial charge in [0, 0.05) is 16.1 Å². The highest BCUT2D eigenvalue weighted by atomic mass is 35.5. The predicted octanol–water partition coefficient (Wildman–Crippen LogP) is 4.23. The molecule has 0 bridgehead atoms. The van der Waals surface area contributed by atoms with Crippen molar-refractivity contribution in [3.63, 3.8) is 0 Å². The average Bonchev–Trinajstić information content (AvgIpc) is 2.75. The molecule has 3 rings (SSSR count). The molecule has 31 heavy (non-hydrogen) atoms. The lowest BCUT2D eigenvalue weighted by Crippen LogP contribution is -2.16. The van der Waals surface area contributed by atoms with Crippen LogP contribution in [0.3, 0.4) is 0 Å². The number of aryl methyl sites for hydroxylation is 2. The molecule has 0 amide bonds. The van der Waals surface area contributed by atoms with Crippen molar-refractivity contribution in [1.29, 1.82) is 10.5 Å². The molecule has 0 aliphatic heterocycles. The zero-order valence-electron chi connectivity index (χ0n) is 17.2. The number of aromatic nitrogens is 1. The summed E-state index contributed by atoms with van der Waals surface area (Å²) in [4.78, 5) is 14.6. The van der Waals surface area contributed by atoms with Crippen LogP contribution in [0.15, 0.2) is 35.1 Å². The number of pyridine rings is 1. The maximum absolute atomic E-state index is 12.2. The number of nitrogens with zero attached hydrogens (tertiary/aromatic N) is 2. The Balaban J connectivity index is 2.08. The lowest BCUT2D eigenvalue weighted by atomic mass is 9.95. The number of nitrogen functional groups attached to an aromatic ring is 1. The molecule has 8 heteroatoms. The summed E-state index contributed by atoms with van der Waals surface area (Å²) in [5.74, 6) is 1.10. The van der Waals surface area contributed by atoms with Gasteiger partial charge in [0.1, 0.15) is 47.2 Å². The number of methoxy groups -OCH3 is 1. The highest BCUT2D eigenvalue weighted by Crippen LogP contribution is 2.33. The Morgan fingerprint density at radius 2 is 1.74 bits per heavy atom. The third-order valence-electron chi connectivity index (χ3n) is 4.84. The molecule has 0 aliphatic carbocycles. The zero-order chi connectivity index (χ0) is 22.7. The van der Waals surface area contributed by atoms with E-state index in [1.807, 2.05) is 38.1 Å². The Hall–Kier alpha value is -3.94. The number of anilines is 1. The molecule has 1 aromatic heterocycles. The number of nitriles is 2. The predicted molar refractivity (Wildman–Crippen MR) is 118 cm³/mol. The van der Waals surface area contributed by atoms with Crippen molar-refractivity contribution < 1.29 is 9.47 Å². The maximum Gasteiger partial charge on any atom is 0.268 e. The van der Waals surface area contributed by atoms with Crippen molar-refractivity contribution in [2.24, 2.45) is 0 Å². The van der Waals surface area contributed by atoms with Crippen LogP contribution in [0.1, 0.15) is 27.8 Å². The number of nitrogens with one attached hydrogen (secondary N) is 1. The monoisotopic (exact) mass is 434 g/mol. The first-order chi connectivity index (χ1) is 14.8. The first-order valence-corrected chi connectivity index (χ1v) is 9.61.